The van der Waals surface area contributed by atoms with Crippen molar-refractivity contribution in [3.8, 4) is 0 Å². The number of nitrogens with zero attached hydrogens (tertiary/aromatic N) is 1. The van der Waals surface area contributed by atoms with Gasteiger partial charge in [0.05, 0.1) is 10.5 Å². The van der Waals surface area contributed by atoms with E-state index in [1.165, 1.54) is 12.1 Å². The van der Waals surface area contributed by atoms with Gasteiger partial charge in [0.1, 0.15) is 11.8 Å². The van der Waals surface area contributed by atoms with E-state index in [-0.39, 0.29) is 23.0 Å². The zero-order valence-corrected chi connectivity index (χ0v) is 9.80. The highest BCUT2D eigenvalue weighted by Crippen LogP contribution is 2.25. The largest absolute Gasteiger partial charge is 0.459 e. The molecule has 0 aromatic heterocycles. The van der Waals surface area contributed by atoms with E-state index in [1.807, 2.05) is 0 Å². The minimum absolute atomic E-state index is 0.0393. The van der Waals surface area contributed by atoms with Crippen LogP contribution in [0.1, 0.15) is 36.0 Å². The van der Waals surface area contributed by atoms with E-state index < -0.39 is 10.9 Å². The molecule has 0 amide bonds. The van der Waals surface area contributed by atoms with E-state index >= 15 is 0 Å². The molecular formula is C12H14N2O4. The SMILES string of the molecule is Nc1ccc(C(=O)OC2CCCC2)cc1[N+](=O)[O-]. The van der Waals surface area contributed by atoms with Gasteiger partial charge in [-0.1, -0.05) is 0 Å². The van der Waals surface area contributed by atoms with E-state index in [4.69, 9.17) is 10.5 Å². The molecule has 96 valence electrons. The zero-order valence-electron chi connectivity index (χ0n) is 9.80. The maximum Gasteiger partial charge on any atom is 0.338 e. The minimum Gasteiger partial charge on any atom is -0.459 e. The Kier molecular flexibility index (Phi) is 3.45. The molecule has 1 aromatic rings. The Bertz CT molecular complexity index is 481. The normalized spacial score (nSPS) is 15.6. The molecule has 2 N–H and O–H groups in total. The lowest BCUT2D eigenvalue weighted by Crippen LogP contribution is -2.15. The molecule has 2 rings (SSSR count). The monoisotopic (exact) mass is 250 g/mol. The highest BCUT2D eigenvalue weighted by Gasteiger charge is 2.22. The van der Waals surface area contributed by atoms with Crippen molar-refractivity contribution in [3.63, 3.8) is 0 Å². The molecule has 1 aliphatic rings. The topological polar surface area (TPSA) is 95.5 Å². The number of anilines is 1. The maximum atomic E-state index is 11.8. The van der Waals surface area contributed by atoms with Gasteiger partial charge >= 0.3 is 5.97 Å². The van der Waals surface area contributed by atoms with Gasteiger partial charge in [-0.3, -0.25) is 10.1 Å². The molecule has 0 spiro atoms. The molecule has 18 heavy (non-hydrogen) atoms. The number of rotatable bonds is 3. The number of benzene rings is 1. The molecule has 0 saturated heterocycles. The van der Waals surface area contributed by atoms with Crippen molar-refractivity contribution in [1.82, 2.24) is 0 Å². The summed E-state index contributed by atoms with van der Waals surface area (Å²) in [5, 5.41) is 10.7. The van der Waals surface area contributed by atoms with Crippen LogP contribution < -0.4 is 5.73 Å². The van der Waals surface area contributed by atoms with Crippen molar-refractivity contribution in [2.45, 2.75) is 31.8 Å². The number of nitro benzene ring substituents is 1. The third-order valence-electron chi connectivity index (χ3n) is 3.04. The average Bonchev–Trinajstić information content (AvgIpc) is 2.81. The number of ether oxygens (including phenoxy) is 1. The van der Waals surface area contributed by atoms with Crippen molar-refractivity contribution >= 4 is 17.3 Å². The second-order valence-electron chi connectivity index (χ2n) is 4.34. The molecule has 1 aromatic carbocycles. The van der Waals surface area contributed by atoms with Gasteiger partial charge in [-0.25, -0.2) is 4.79 Å². The van der Waals surface area contributed by atoms with Crippen LogP contribution in [0.3, 0.4) is 0 Å². The summed E-state index contributed by atoms with van der Waals surface area (Å²) in [5.74, 6) is -0.523. The fraction of sp³-hybridized carbons (Fsp3) is 0.417. The summed E-state index contributed by atoms with van der Waals surface area (Å²) in [6, 6.07) is 3.95. The molecule has 0 bridgehead atoms. The summed E-state index contributed by atoms with van der Waals surface area (Å²) in [5.41, 5.74) is 5.40. The van der Waals surface area contributed by atoms with Crippen molar-refractivity contribution in [1.29, 1.82) is 0 Å². The number of carbonyl (C=O) groups is 1. The van der Waals surface area contributed by atoms with E-state index in [0.717, 1.165) is 31.7 Å². The number of nitrogen functional groups attached to an aromatic ring is 1. The second kappa shape index (κ2) is 5.03. The van der Waals surface area contributed by atoms with E-state index in [9.17, 15) is 14.9 Å². The van der Waals surface area contributed by atoms with Crippen molar-refractivity contribution in [3.05, 3.63) is 33.9 Å². The molecule has 6 nitrogen and oxygen atoms in total. The predicted octanol–water partition coefficient (Wildman–Crippen LogP) is 2.28. The summed E-state index contributed by atoms with van der Waals surface area (Å²) in [6.07, 6.45) is 3.78. The number of esters is 1. The highest BCUT2D eigenvalue weighted by atomic mass is 16.6. The first-order valence-corrected chi connectivity index (χ1v) is 5.83. The lowest BCUT2D eigenvalue weighted by Gasteiger charge is -2.11. The Morgan fingerprint density at radius 2 is 2.06 bits per heavy atom. The van der Waals surface area contributed by atoms with E-state index in [1.54, 1.807) is 0 Å². The molecule has 1 aliphatic carbocycles. The number of hydrogen-bond acceptors (Lipinski definition) is 5. The first-order chi connectivity index (χ1) is 8.58. The third kappa shape index (κ3) is 2.58. The van der Waals surface area contributed by atoms with Crippen LogP contribution in [0.25, 0.3) is 0 Å². The number of hydrogen-bond donors (Lipinski definition) is 1. The Hall–Kier alpha value is -2.11. The third-order valence-corrected chi connectivity index (χ3v) is 3.04. The molecule has 6 heteroatoms. The summed E-state index contributed by atoms with van der Waals surface area (Å²) < 4.78 is 5.27. The van der Waals surface area contributed by atoms with Gasteiger partial charge in [0, 0.05) is 6.07 Å². The summed E-state index contributed by atoms with van der Waals surface area (Å²) in [4.78, 5) is 21.9. The van der Waals surface area contributed by atoms with Crippen molar-refractivity contribution < 1.29 is 14.5 Å². The van der Waals surface area contributed by atoms with Crippen molar-refractivity contribution in [2.75, 3.05) is 5.73 Å². The van der Waals surface area contributed by atoms with E-state index in [0.29, 0.717) is 0 Å². The van der Waals surface area contributed by atoms with Gasteiger partial charge in [0.25, 0.3) is 5.69 Å². The van der Waals surface area contributed by atoms with Crippen LogP contribution in [-0.2, 0) is 4.74 Å². The van der Waals surface area contributed by atoms with Crippen LogP contribution in [0.15, 0.2) is 18.2 Å². The minimum atomic E-state index is -0.609. The predicted molar refractivity (Wildman–Crippen MR) is 65.2 cm³/mol. The number of carbonyl (C=O) groups excluding carboxylic acids is 1. The first-order valence-electron chi connectivity index (χ1n) is 5.83. The summed E-state index contributed by atoms with van der Waals surface area (Å²) in [6.45, 7) is 0. The lowest BCUT2D eigenvalue weighted by atomic mass is 10.1. The van der Waals surface area contributed by atoms with Crippen LogP contribution in [0.2, 0.25) is 0 Å². The van der Waals surface area contributed by atoms with Crippen LogP contribution in [0.4, 0.5) is 11.4 Å². The van der Waals surface area contributed by atoms with Crippen LogP contribution in [0.5, 0.6) is 0 Å². The molecule has 0 atom stereocenters. The lowest BCUT2D eigenvalue weighted by molar-refractivity contribution is -0.383. The van der Waals surface area contributed by atoms with Gasteiger partial charge in [0.15, 0.2) is 0 Å². The maximum absolute atomic E-state index is 11.8. The smallest absolute Gasteiger partial charge is 0.338 e. The van der Waals surface area contributed by atoms with Gasteiger partial charge in [-0.15, -0.1) is 0 Å². The average molecular weight is 250 g/mol. The molecule has 0 aliphatic heterocycles. The molecular weight excluding hydrogens is 236 g/mol. The Morgan fingerprint density at radius 1 is 1.39 bits per heavy atom. The fourth-order valence-electron chi connectivity index (χ4n) is 2.05. The quantitative estimate of drug-likeness (QED) is 0.384. The molecule has 0 radical (unpaired) electrons. The Morgan fingerprint density at radius 3 is 2.67 bits per heavy atom. The number of nitrogens with two attached hydrogens (primary N) is 1. The van der Waals surface area contributed by atoms with Crippen LogP contribution >= 0.6 is 0 Å². The van der Waals surface area contributed by atoms with E-state index in [2.05, 4.69) is 0 Å². The first kappa shape index (κ1) is 12.3. The number of nitro groups is 1. The summed E-state index contributed by atoms with van der Waals surface area (Å²) in [7, 11) is 0. The summed E-state index contributed by atoms with van der Waals surface area (Å²) >= 11 is 0. The van der Waals surface area contributed by atoms with Gasteiger partial charge in [0.2, 0.25) is 0 Å². The Balaban J connectivity index is 2.14. The van der Waals surface area contributed by atoms with Gasteiger partial charge in [-0.05, 0) is 37.8 Å². The highest BCUT2D eigenvalue weighted by molar-refractivity contribution is 5.91. The second-order valence-corrected chi connectivity index (χ2v) is 4.34. The standard InChI is InChI=1S/C12H14N2O4/c13-10-6-5-8(7-11(10)14(16)17)12(15)18-9-3-1-2-4-9/h5-7,9H,1-4,13H2. The van der Waals surface area contributed by atoms with Gasteiger partial charge in [-0.2, -0.15) is 0 Å². The Labute approximate surface area is 104 Å². The zero-order chi connectivity index (χ0) is 13.1. The molecule has 1 saturated carbocycles. The van der Waals surface area contributed by atoms with Crippen LogP contribution in [0, 0.1) is 10.1 Å². The molecule has 0 heterocycles. The van der Waals surface area contributed by atoms with Gasteiger partial charge < -0.3 is 10.5 Å². The van der Waals surface area contributed by atoms with Crippen molar-refractivity contribution in [2.24, 2.45) is 0 Å². The fourth-order valence-corrected chi connectivity index (χ4v) is 2.05. The molecule has 0 unspecified atom stereocenters. The molecule has 1 fully saturated rings. The van der Waals surface area contributed by atoms with Crippen LogP contribution in [-0.4, -0.2) is 17.0 Å².